The van der Waals surface area contributed by atoms with Gasteiger partial charge < -0.3 is 5.32 Å². The third-order valence-corrected chi connectivity index (χ3v) is 4.62. The summed E-state index contributed by atoms with van der Waals surface area (Å²) in [5, 5.41) is 3.14. The van der Waals surface area contributed by atoms with Gasteiger partial charge in [-0.2, -0.15) is 0 Å². The summed E-state index contributed by atoms with van der Waals surface area (Å²) in [6.45, 7) is 3.00. The minimum absolute atomic E-state index is 0.282. The minimum atomic E-state index is -3.22. The number of pyridine rings is 1. The highest BCUT2D eigenvalue weighted by Gasteiger charge is 2.13. The summed E-state index contributed by atoms with van der Waals surface area (Å²) in [4.78, 5) is 4.40. The molecule has 0 aliphatic carbocycles. The van der Waals surface area contributed by atoms with Crippen molar-refractivity contribution in [2.45, 2.75) is 63.2 Å². The van der Waals surface area contributed by atoms with Gasteiger partial charge in [0.2, 0.25) is 0 Å². The van der Waals surface area contributed by atoms with Crippen molar-refractivity contribution in [1.82, 2.24) is 4.98 Å². The van der Waals surface area contributed by atoms with Crippen molar-refractivity contribution in [1.29, 1.82) is 0 Å². The van der Waals surface area contributed by atoms with E-state index in [9.17, 15) is 8.42 Å². The lowest BCUT2D eigenvalue weighted by atomic mass is 10.1. The summed E-state index contributed by atoms with van der Waals surface area (Å²) in [5.74, 6) is 0.475. The molecule has 0 atom stereocenters. The van der Waals surface area contributed by atoms with Gasteiger partial charge in [-0.25, -0.2) is 13.4 Å². The van der Waals surface area contributed by atoms with Gasteiger partial charge in [0.25, 0.3) is 0 Å². The first-order valence-electron chi connectivity index (χ1n) is 7.94. The molecule has 1 aromatic heterocycles. The Morgan fingerprint density at radius 1 is 1.05 bits per heavy atom. The van der Waals surface area contributed by atoms with Gasteiger partial charge in [0.05, 0.1) is 0 Å². The van der Waals surface area contributed by atoms with Gasteiger partial charge in [0, 0.05) is 19.0 Å². The molecule has 0 aliphatic rings. The topological polar surface area (TPSA) is 59.1 Å². The fourth-order valence-corrected chi connectivity index (χ4v) is 3.09. The lowest BCUT2D eigenvalue weighted by Gasteiger charge is -2.09. The maximum atomic E-state index is 11.6. The molecule has 1 rings (SSSR count). The molecule has 1 N–H and O–H groups in total. The quantitative estimate of drug-likeness (QED) is 0.627. The zero-order valence-corrected chi connectivity index (χ0v) is 14.1. The second-order valence-electron chi connectivity index (χ2n) is 5.52. The highest BCUT2D eigenvalue weighted by molar-refractivity contribution is 7.90. The molecular weight excluding hydrogens is 284 g/mol. The van der Waals surface area contributed by atoms with Crippen LogP contribution in [0.25, 0.3) is 0 Å². The van der Waals surface area contributed by atoms with Crippen LogP contribution in [0.1, 0.15) is 58.3 Å². The maximum absolute atomic E-state index is 11.6. The van der Waals surface area contributed by atoms with Crippen LogP contribution in [-0.2, 0) is 9.84 Å². The number of rotatable bonds is 11. The predicted octanol–water partition coefficient (Wildman–Crippen LogP) is 4.04. The third-order valence-electron chi connectivity index (χ3n) is 3.49. The Morgan fingerprint density at radius 2 is 1.67 bits per heavy atom. The van der Waals surface area contributed by atoms with Crippen molar-refractivity contribution in [3.8, 4) is 0 Å². The normalized spacial score (nSPS) is 11.5. The van der Waals surface area contributed by atoms with E-state index in [4.69, 9.17) is 0 Å². The lowest BCUT2D eigenvalue weighted by Crippen LogP contribution is -2.09. The summed E-state index contributed by atoms with van der Waals surface area (Å²) >= 11 is 0. The van der Waals surface area contributed by atoms with Crippen molar-refractivity contribution < 1.29 is 8.42 Å². The van der Waals surface area contributed by atoms with Crippen LogP contribution in [0.15, 0.2) is 23.2 Å². The molecule has 5 heteroatoms. The lowest BCUT2D eigenvalue weighted by molar-refractivity contribution is 0.580. The molecule has 1 aromatic rings. The van der Waals surface area contributed by atoms with Crippen molar-refractivity contribution in [2.75, 3.05) is 18.1 Å². The van der Waals surface area contributed by atoms with E-state index in [1.54, 1.807) is 18.3 Å². The van der Waals surface area contributed by atoms with Crippen molar-refractivity contribution in [3.63, 3.8) is 0 Å². The monoisotopic (exact) mass is 312 g/mol. The Kier molecular flexibility index (Phi) is 8.35. The fourth-order valence-electron chi connectivity index (χ4n) is 2.29. The predicted molar refractivity (Wildman–Crippen MR) is 88.4 cm³/mol. The summed E-state index contributed by atoms with van der Waals surface area (Å²) in [7, 11) is -3.22. The largest absolute Gasteiger partial charge is 0.369 e. The van der Waals surface area contributed by atoms with E-state index >= 15 is 0 Å². The van der Waals surface area contributed by atoms with Gasteiger partial charge in [-0.1, -0.05) is 51.9 Å². The standard InChI is InChI=1S/C16H28N2O2S/c1-3-4-5-6-7-8-9-10-13-17-16-15(21(2,19)20)12-11-14-18-16/h11-12,14H,3-10,13H2,1-2H3,(H,17,18). The zero-order chi connectivity index (χ0) is 15.6. The summed E-state index contributed by atoms with van der Waals surface area (Å²) in [6.07, 6.45) is 12.9. The van der Waals surface area contributed by atoms with E-state index in [1.807, 2.05) is 0 Å². The van der Waals surface area contributed by atoms with Gasteiger partial charge in [-0.05, 0) is 18.6 Å². The van der Waals surface area contributed by atoms with E-state index in [2.05, 4.69) is 17.2 Å². The zero-order valence-electron chi connectivity index (χ0n) is 13.3. The SMILES string of the molecule is CCCCCCCCCCNc1ncccc1S(C)(=O)=O. The van der Waals surface area contributed by atoms with Crippen LogP contribution >= 0.6 is 0 Å². The number of aromatic nitrogens is 1. The van der Waals surface area contributed by atoms with Crippen molar-refractivity contribution in [2.24, 2.45) is 0 Å². The smallest absolute Gasteiger partial charge is 0.179 e. The van der Waals surface area contributed by atoms with Crippen LogP contribution in [0.4, 0.5) is 5.82 Å². The number of hydrogen-bond donors (Lipinski definition) is 1. The Bertz CT molecular complexity index is 501. The van der Waals surface area contributed by atoms with Crippen LogP contribution in [0.2, 0.25) is 0 Å². The molecule has 0 saturated heterocycles. The second-order valence-corrected chi connectivity index (χ2v) is 7.51. The van der Waals surface area contributed by atoms with E-state index in [0.717, 1.165) is 13.0 Å². The molecule has 0 saturated carbocycles. The van der Waals surface area contributed by atoms with E-state index in [0.29, 0.717) is 5.82 Å². The Labute approximate surface area is 129 Å². The van der Waals surface area contributed by atoms with Gasteiger partial charge in [0.15, 0.2) is 9.84 Å². The third kappa shape index (κ3) is 7.46. The van der Waals surface area contributed by atoms with Crippen LogP contribution in [0.5, 0.6) is 0 Å². The van der Waals surface area contributed by atoms with Gasteiger partial charge in [-0.3, -0.25) is 0 Å². The van der Waals surface area contributed by atoms with Gasteiger partial charge in [0.1, 0.15) is 10.7 Å². The summed E-state index contributed by atoms with van der Waals surface area (Å²) in [5.41, 5.74) is 0. The highest BCUT2D eigenvalue weighted by Crippen LogP contribution is 2.17. The summed E-state index contributed by atoms with van der Waals surface area (Å²) in [6, 6.07) is 3.25. The number of hydrogen-bond acceptors (Lipinski definition) is 4. The van der Waals surface area contributed by atoms with Crippen molar-refractivity contribution in [3.05, 3.63) is 18.3 Å². The van der Waals surface area contributed by atoms with E-state index < -0.39 is 9.84 Å². The average molecular weight is 312 g/mol. The maximum Gasteiger partial charge on any atom is 0.179 e. The number of sulfone groups is 1. The Morgan fingerprint density at radius 3 is 2.29 bits per heavy atom. The summed E-state index contributed by atoms with van der Waals surface area (Å²) < 4.78 is 23.3. The Hall–Kier alpha value is -1.10. The second kappa shape index (κ2) is 9.77. The van der Waals surface area contributed by atoms with Crippen LogP contribution in [0.3, 0.4) is 0 Å². The van der Waals surface area contributed by atoms with Crippen molar-refractivity contribution >= 4 is 15.7 Å². The minimum Gasteiger partial charge on any atom is -0.369 e. The molecule has 1 heterocycles. The molecule has 0 amide bonds. The van der Waals surface area contributed by atoms with Gasteiger partial charge >= 0.3 is 0 Å². The van der Waals surface area contributed by atoms with Gasteiger partial charge in [-0.15, -0.1) is 0 Å². The molecule has 0 fully saturated rings. The molecule has 0 aromatic carbocycles. The fraction of sp³-hybridized carbons (Fsp3) is 0.688. The van der Waals surface area contributed by atoms with Crippen LogP contribution in [0, 0.1) is 0 Å². The molecule has 0 aliphatic heterocycles. The molecule has 4 nitrogen and oxygen atoms in total. The number of anilines is 1. The Balaban J connectivity index is 2.22. The first-order chi connectivity index (χ1) is 10.1. The number of nitrogens with zero attached hydrogens (tertiary/aromatic N) is 1. The number of unbranched alkanes of at least 4 members (excludes halogenated alkanes) is 7. The molecular formula is C16H28N2O2S. The molecule has 21 heavy (non-hydrogen) atoms. The van der Waals surface area contributed by atoms with E-state index in [-0.39, 0.29) is 4.90 Å². The van der Waals surface area contributed by atoms with Crippen LogP contribution in [-0.4, -0.2) is 26.2 Å². The highest BCUT2D eigenvalue weighted by atomic mass is 32.2. The average Bonchev–Trinajstić information content (AvgIpc) is 2.45. The molecule has 0 unspecified atom stereocenters. The molecule has 0 spiro atoms. The number of nitrogens with one attached hydrogen (secondary N) is 1. The molecule has 0 radical (unpaired) electrons. The molecule has 120 valence electrons. The molecule has 0 bridgehead atoms. The first kappa shape index (κ1) is 18.0. The van der Waals surface area contributed by atoms with Crippen LogP contribution < -0.4 is 5.32 Å². The van der Waals surface area contributed by atoms with E-state index in [1.165, 1.54) is 51.2 Å². The first-order valence-corrected chi connectivity index (χ1v) is 9.83.